The molecule has 0 atom stereocenters. The molecule has 0 unspecified atom stereocenters. The summed E-state index contributed by atoms with van der Waals surface area (Å²) in [6.45, 7) is 0. The largest absolute Gasteiger partial charge is 0.573 e. The number of halogens is 3. The van der Waals surface area contributed by atoms with Crippen molar-refractivity contribution >= 4 is 11.8 Å². The summed E-state index contributed by atoms with van der Waals surface area (Å²) in [5, 5.41) is 9.17. The van der Waals surface area contributed by atoms with E-state index in [0.717, 1.165) is 19.0 Å². The second-order valence-corrected chi connectivity index (χ2v) is 4.84. The zero-order valence-electron chi connectivity index (χ0n) is 8.49. The summed E-state index contributed by atoms with van der Waals surface area (Å²) in [5.41, 5.74) is 0.136. The summed E-state index contributed by atoms with van der Waals surface area (Å²) >= 11 is 1.37. The lowest BCUT2D eigenvalue weighted by Crippen LogP contribution is -2.17. The molecular formula is C10H7F3N2OS. The lowest BCUT2D eigenvalue weighted by molar-refractivity contribution is -0.274. The summed E-state index contributed by atoms with van der Waals surface area (Å²) in [5.74, 6) is -0.389. The quantitative estimate of drug-likeness (QED) is 0.837. The van der Waals surface area contributed by atoms with Crippen molar-refractivity contribution in [3.8, 4) is 11.8 Å². The standard InChI is InChI=1S/C10H7F3N2OS/c11-10(12,13)16-6-3-9(17-7-1-2-7)8(4-14)15-5-6/h3,5,7H,1-2H2. The fourth-order valence-corrected chi connectivity index (χ4v) is 2.28. The van der Waals surface area contributed by atoms with Crippen LogP contribution in [0.4, 0.5) is 13.2 Å². The van der Waals surface area contributed by atoms with E-state index in [1.807, 2.05) is 6.07 Å². The van der Waals surface area contributed by atoms with Crippen molar-refractivity contribution in [2.75, 3.05) is 0 Å². The predicted molar refractivity (Wildman–Crippen MR) is 54.5 cm³/mol. The average molecular weight is 260 g/mol. The van der Waals surface area contributed by atoms with Crippen molar-refractivity contribution in [2.45, 2.75) is 29.3 Å². The highest BCUT2D eigenvalue weighted by molar-refractivity contribution is 8.00. The van der Waals surface area contributed by atoms with E-state index in [1.165, 1.54) is 17.8 Å². The third-order valence-corrected chi connectivity index (χ3v) is 3.35. The van der Waals surface area contributed by atoms with Crippen LogP contribution in [0.2, 0.25) is 0 Å². The van der Waals surface area contributed by atoms with Gasteiger partial charge >= 0.3 is 6.36 Å². The van der Waals surface area contributed by atoms with E-state index in [1.54, 1.807) is 0 Å². The van der Waals surface area contributed by atoms with Gasteiger partial charge in [0.1, 0.15) is 11.8 Å². The number of ether oxygens (including phenoxy) is 1. The van der Waals surface area contributed by atoms with Crippen LogP contribution in [-0.2, 0) is 0 Å². The zero-order chi connectivity index (χ0) is 12.5. The molecule has 0 saturated heterocycles. The maximum Gasteiger partial charge on any atom is 0.573 e. The Bertz CT molecular complexity index is 466. The fraction of sp³-hybridized carbons (Fsp3) is 0.400. The minimum absolute atomic E-state index is 0.136. The van der Waals surface area contributed by atoms with Crippen LogP contribution in [0.25, 0.3) is 0 Å². The molecule has 0 radical (unpaired) electrons. The van der Waals surface area contributed by atoms with Gasteiger partial charge in [0, 0.05) is 10.1 Å². The van der Waals surface area contributed by atoms with Crippen LogP contribution in [0.3, 0.4) is 0 Å². The smallest absolute Gasteiger partial charge is 0.404 e. The molecule has 17 heavy (non-hydrogen) atoms. The van der Waals surface area contributed by atoms with Crippen LogP contribution in [0.15, 0.2) is 17.2 Å². The van der Waals surface area contributed by atoms with Crippen molar-refractivity contribution < 1.29 is 17.9 Å². The first kappa shape index (κ1) is 12.0. The second kappa shape index (κ2) is 4.45. The fourth-order valence-electron chi connectivity index (χ4n) is 1.16. The average Bonchev–Trinajstić information content (AvgIpc) is 3.00. The molecule has 90 valence electrons. The molecular weight excluding hydrogens is 253 g/mol. The normalized spacial score (nSPS) is 15.4. The molecule has 1 heterocycles. The summed E-state index contributed by atoms with van der Waals surface area (Å²) < 4.78 is 39.8. The van der Waals surface area contributed by atoms with Crippen LogP contribution >= 0.6 is 11.8 Å². The van der Waals surface area contributed by atoms with E-state index in [9.17, 15) is 13.2 Å². The van der Waals surface area contributed by atoms with Gasteiger partial charge in [-0.1, -0.05) is 0 Å². The number of hydrogen-bond acceptors (Lipinski definition) is 4. The van der Waals surface area contributed by atoms with Gasteiger partial charge in [-0.25, -0.2) is 4.98 Å². The van der Waals surface area contributed by atoms with Gasteiger partial charge < -0.3 is 4.74 Å². The summed E-state index contributed by atoms with van der Waals surface area (Å²) in [4.78, 5) is 4.10. The van der Waals surface area contributed by atoms with Gasteiger partial charge in [0.25, 0.3) is 0 Å². The highest BCUT2D eigenvalue weighted by Crippen LogP contribution is 2.41. The Hall–Kier alpha value is -1.42. The Labute approximate surface area is 99.6 Å². The number of thioether (sulfide) groups is 1. The number of alkyl halides is 3. The van der Waals surface area contributed by atoms with E-state index in [-0.39, 0.29) is 11.4 Å². The topological polar surface area (TPSA) is 45.9 Å². The van der Waals surface area contributed by atoms with Gasteiger partial charge in [-0.2, -0.15) is 5.26 Å². The van der Waals surface area contributed by atoms with E-state index in [4.69, 9.17) is 5.26 Å². The summed E-state index contributed by atoms with van der Waals surface area (Å²) in [6, 6.07) is 3.06. The van der Waals surface area contributed by atoms with Crippen molar-refractivity contribution in [3.05, 3.63) is 18.0 Å². The maximum atomic E-state index is 12.0. The molecule has 0 aliphatic heterocycles. The molecule has 7 heteroatoms. The van der Waals surface area contributed by atoms with Crippen molar-refractivity contribution in [1.29, 1.82) is 5.26 Å². The molecule has 0 spiro atoms. The van der Waals surface area contributed by atoms with Gasteiger partial charge in [0.15, 0.2) is 5.69 Å². The molecule has 0 aromatic carbocycles. The molecule has 0 bridgehead atoms. The molecule has 0 amide bonds. The first-order valence-electron chi connectivity index (χ1n) is 4.80. The predicted octanol–water partition coefficient (Wildman–Crippen LogP) is 3.11. The zero-order valence-corrected chi connectivity index (χ0v) is 9.31. The van der Waals surface area contributed by atoms with Crippen LogP contribution in [-0.4, -0.2) is 16.6 Å². The van der Waals surface area contributed by atoms with Gasteiger partial charge in [0.05, 0.1) is 6.20 Å². The van der Waals surface area contributed by atoms with Crippen LogP contribution in [0.1, 0.15) is 18.5 Å². The third-order valence-electron chi connectivity index (χ3n) is 1.99. The third kappa shape index (κ3) is 3.53. The Kier molecular flexibility index (Phi) is 3.15. The van der Waals surface area contributed by atoms with E-state index in [2.05, 4.69) is 9.72 Å². The van der Waals surface area contributed by atoms with Crippen LogP contribution < -0.4 is 4.74 Å². The van der Waals surface area contributed by atoms with Crippen LogP contribution in [0.5, 0.6) is 5.75 Å². The molecule has 1 aromatic rings. The number of pyridine rings is 1. The van der Waals surface area contributed by atoms with E-state index < -0.39 is 6.36 Å². The highest BCUT2D eigenvalue weighted by atomic mass is 32.2. The second-order valence-electron chi connectivity index (χ2n) is 3.49. The molecule has 1 aliphatic rings. The Morgan fingerprint density at radius 1 is 1.47 bits per heavy atom. The van der Waals surface area contributed by atoms with Gasteiger partial charge in [-0.05, 0) is 18.9 Å². The Balaban J connectivity index is 2.21. The summed E-state index contributed by atoms with van der Waals surface area (Å²) in [7, 11) is 0. The molecule has 1 aromatic heterocycles. The highest BCUT2D eigenvalue weighted by Gasteiger charge is 2.32. The number of nitrogens with zero attached hydrogens (tertiary/aromatic N) is 2. The van der Waals surface area contributed by atoms with Crippen molar-refractivity contribution in [3.63, 3.8) is 0 Å². The number of rotatable bonds is 3. The van der Waals surface area contributed by atoms with Crippen molar-refractivity contribution in [2.24, 2.45) is 0 Å². The Morgan fingerprint density at radius 3 is 2.71 bits per heavy atom. The van der Waals surface area contributed by atoms with Gasteiger partial charge in [-0.3, -0.25) is 0 Å². The first-order chi connectivity index (χ1) is 7.98. The van der Waals surface area contributed by atoms with Gasteiger partial charge in [0.2, 0.25) is 0 Å². The molecule has 3 nitrogen and oxygen atoms in total. The molecule has 2 rings (SSSR count). The minimum atomic E-state index is -4.74. The van der Waals surface area contributed by atoms with E-state index >= 15 is 0 Å². The number of hydrogen-bond donors (Lipinski definition) is 0. The monoisotopic (exact) mass is 260 g/mol. The number of aromatic nitrogens is 1. The van der Waals surface area contributed by atoms with Gasteiger partial charge in [-0.15, -0.1) is 24.9 Å². The van der Waals surface area contributed by atoms with Crippen molar-refractivity contribution in [1.82, 2.24) is 4.98 Å². The first-order valence-corrected chi connectivity index (χ1v) is 5.68. The lowest BCUT2D eigenvalue weighted by Gasteiger charge is -2.10. The Morgan fingerprint density at radius 2 is 2.18 bits per heavy atom. The van der Waals surface area contributed by atoms with Crippen LogP contribution in [0, 0.1) is 11.3 Å². The lowest BCUT2D eigenvalue weighted by atomic mass is 10.3. The number of nitriles is 1. The molecule has 1 saturated carbocycles. The minimum Gasteiger partial charge on any atom is -0.404 e. The molecule has 1 aliphatic carbocycles. The maximum absolute atomic E-state index is 12.0. The SMILES string of the molecule is N#Cc1ncc(OC(F)(F)F)cc1SC1CC1. The molecule has 0 N–H and O–H groups in total. The molecule has 1 fully saturated rings. The van der Waals surface area contributed by atoms with E-state index in [0.29, 0.717) is 10.1 Å². The summed E-state index contributed by atoms with van der Waals surface area (Å²) in [6.07, 6.45) is -1.81.